The van der Waals surface area contributed by atoms with Gasteiger partial charge in [-0.3, -0.25) is 15.1 Å². The molecular formula is C11H10N4O2. The number of nitrogen functional groups attached to an aromatic ring is 1. The van der Waals surface area contributed by atoms with Gasteiger partial charge in [-0.25, -0.2) is 4.79 Å². The second kappa shape index (κ2) is 4.09. The van der Waals surface area contributed by atoms with Crippen molar-refractivity contribution in [3.63, 3.8) is 0 Å². The standard InChI is InChI=1S/C11H10N4O2/c12-8-3-1-2-7-6(8)4-5-14-9(7)10(16)15-11(13)17/h1-5H,12H2,(H3,13,15,16,17). The Hall–Kier alpha value is -2.63. The fourth-order valence-corrected chi connectivity index (χ4v) is 1.58. The number of urea groups is 1. The van der Waals surface area contributed by atoms with E-state index in [1.165, 1.54) is 6.20 Å². The van der Waals surface area contributed by atoms with E-state index in [1.54, 1.807) is 24.3 Å². The number of pyridine rings is 1. The van der Waals surface area contributed by atoms with Crippen molar-refractivity contribution in [1.29, 1.82) is 0 Å². The molecule has 17 heavy (non-hydrogen) atoms. The number of nitrogens with two attached hydrogens (primary N) is 2. The van der Waals surface area contributed by atoms with Gasteiger partial charge in [0, 0.05) is 22.7 Å². The van der Waals surface area contributed by atoms with E-state index in [9.17, 15) is 9.59 Å². The molecule has 0 fully saturated rings. The van der Waals surface area contributed by atoms with Crippen LogP contribution in [0.5, 0.6) is 0 Å². The molecule has 1 aromatic carbocycles. The van der Waals surface area contributed by atoms with Crippen LogP contribution in [-0.4, -0.2) is 16.9 Å². The molecule has 0 aliphatic carbocycles. The Morgan fingerprint density at radius 1 is 1.18 bits per heavy atom. The van der Waals surface area contributed by atoms with Crippen LogP contribution in [0.15, 0.2) is 30.5 Å². The number of hydrogen-bond acceptors (Lipinski definition) is 4. The molecule has 0 saturated carbocycles. The minimum atomic E-state index is -0.919. The van der Waals surface area contributed by atoms with Gasteiger partial charge >= 0.3 is 6.03 Å². The smallest absolute Gasteiger partial charge is 0.319 e. The minimum Gasteiger partial charge on any atom is -0.398 e. The molecule has 1 aromatic heterocycles. The van der Waals surface area contributed by atoms with Gasteiger partial charge in [0.25, 0.3) is 5.91 Å². The Labute approximate surface area is 96.6 Å². The van der Waals surface area contributed by atoms with Crippen LogP contribution in [0.4, 0.5) is 10.5 Å². The van der Waals surface area contributed by atoms with Gasteiger partial charge in [-0.1, -0.05) is 12.1 Å². The van der Waals surface area contributed by atoms with Crippen LogP contribution in [-0.2, 0) is 0 Å². The molecule has 0 spiro atoms. The van der Waals surface area contributed by atoms with Crippen molar-refractivity contribution in [1.82, 2.24) is 10.3 Å². The lowest BCUT2D eigenvalue weighted by molar-refractivity contribution is 0.0963. The van der Waals surface area contributed by atoms with E-state index in [2.05, 4.69) is 4.98 Å². The van der Waals surface area contributed by atoms with Crippen LogP contribution in [0.25, 0.3) is 10.8 Å². The molecule has 0 radical (unpaired) electrons. The van der Waals surface area contributed by atoms with Gasteiger partial charge in [-0.2, -0.15) is 0 Å². The third-order valence-electron chi connectivity index (χ3n) is 2.29. The number of nitrogens with zero attached hydrogens (tertiary/aromatic N) is 1. The highest BCUT2D eigenvalue weighted by molar-refractivity contribution is 6.11. The molecule has 0 aliphatic rings. The second-order valence-electron chi connectivity index (χ2n) is 3.42. The molecule has 2 aromatic rings. The van der Waals surface area contributed by atoms with Gasteiger partial charge in [-0.15, -0.1) is 0 Å². The number of amides is 3. The Kier molecular flexibility index (Phi) is 2.61. The minimum absolute atomic E-state index is 0.119. The zero-order valence-electron chi connectivity index (χ0n) is 8.81. The highest BCUT2D eigenvalue weighted by atomic mass is 16.2. The van der Waals surface area contributed by atoms with Gasteiger partial charge in [0.05, 0.1) is 0 Å². The van der Waals surface area contributed by atoms with Crippen molar-refractivity contribution in [2.24, 2.45) is 5.73 Å². The molecule has 5 N–H and O–H groups in total. The van der Waals surface area contributed by atoms with Crippen LogP contribution < -0.4 is 16.8 Å². The number of carbonyl (C=O) groups excluding carboxylic acids is 2. The summed E-state index contributed by atoms with van der Waals surface area (Å²) in [6.07, 6.45) is 1.45. The summed E-state index contributed by atoms with van der Waals surface area (Å²) in [5.41, 5.74) is 11.3. The predicted octanol–water partition coefficient (Wildman–Crippen LogP) is 0.625. The number of benzene rings is 1. The SMILES string of the molecule is NC(=O)NC(=O)c1nccc2c(N)cccc12. The fraction of sp³-hybridized carbons (Fsp3) is 0. The molecule has 0 unspecified atom stereocenters. The number of imide groups is 1. The van der Waals surface area contributed by atoms with Crippen LogP contribution >= 0.6 is 0 Å². The van der Waals surface area contributed by atoms with Crippen molar-refractivity contribution in [2.75, 3.05) is 5.73 Å². The number of nitrogens with one attached hydrogen (secondary N) is 1. The quantitative estimate of drug-likeness (QED) is 0.623. The van der Waals surface area contributed by atoms with Gasteiger partial charge < -0.3 is 11.5 Å². The van der Waals surface area contributed by atoms with Crippen molar-refractivity contribution < 1.29 is 9.59 Å². The number of carbonyl (C=O) groups is 2. The van der Waals surface area contributed by atoms with E-state index in [1.807, 2.05) is 5.32 Å². The average Bonchev–Trinajstić information content (AvgIpc) is 2.28. The summed E-state index contributed by atoms with van der Waals surface area (Å²) in [7, 11) is 0. The maximum atomic E-state index is 11.7. The van der Waals surface area contributed by atoms with Gasteiger partial charge in [-0.05, 0) is 12.1 Å². The van der Waals surface area contributed by atoms with E-state index < -0.39 is 11.9 Å². The maximum Gasteiger partial charge on any atom is 0.319 e. The molecule has 0 saturated heterocycles. The van der Waals surface area contributed by atoms with E-state index in [4.69, 9.17) is 11.5 Å². The van der Waals surface area contributed by atoms with Crippen LogP contribution in [0, 0.1) is 0 Å². The molecular weight excluding hydrogens is 220 g/mol. The molecule has 6 nitrogen and oxygen atoms in total. The largest absolute Gasteiger partial charge is 0.398 e. The molecule has 3 amide bonds. The highest BCUT2D eigenvalue weighted by Crippen LogP contribution is 2.22. The van der Waals surface area contributed by atoms with Crippen LogP contribution in [0.3, 0.4) is 0 Å². The summed E-state index contributed by atoms with van der Waals surface area (Å²) in [5, 5.41) is 3.25. The Morgan fingerprint density at radius 2 is 1.94 bits per heavy atom. The molecule has 1 heterocycles. The van der Waals surface area contributed by atoms with E-state index in [-0.39, 0.29) is 5.69 Å². The summed E-state index contributed by atoms with van der Waals surface area (Å²) >= 11 is 0. The third kappa shape index (κ3) is 2.00. The fourth-order valence-electron chi connectivity index (χ4n) is 1.58. The Balaban J connectivity index is 2.59. The second-order valence-corrected chi connectivity index (χ2v) is 3.42. The topological polar surface area (TPSA) is 111 Å². The zero-order valence-corrected chi connectivity index (χ0v) is 8.81. The molecule has 6 heteroatoms. The number of rotatable bonds is 1. The third-order valence-corrected chi connectivity index (χ3v) is 2.29. The first kappa shape index (κ1) is 10.9. The molecule has 2 rings (SSSR count). The van der Waals surface area contributed by atoms with Crippen molar-refractivity contribution >= 4 is 28.4 Å². The van der Waals surface area contributed by atoms with Crippen molar-refractivity contribution in [2.45, 2.75) is 0 Å². The summed E-state index contributed by atoms with van der Waals surface area (Å²) < 4.78 is 0. The van der Waals surface area contributed by atoms with Gasteiger partial charge in [0.2, 0.25) is 0 Å². The first-order chi connectivity index (χ1) is 8.09. The Bertz CT molecular complexity index is 609. The van der Waals surface area contributed by atoms with Crippen LogP contribution in [0.2, 0.25) is 0 Å². The van der Waals surface area contributed by atoms with E-state index in [0.717, 1.165) is 0 Å². The summed E-state index contributed by atoms with van der Waals surface area (Å²) in [4.78, 5) is 26.2. The van der Waals surface area contributed by atoms with E-state index in [0.29, 0.717) is 16.5 Å². The monoisotopic (exact) mass is 230 g/mol. The van der Waals surface area contributed by atoms with Gasteiger partial charge in [0.15, 0.2) is 0 Å². The lowest BCUT2D eigenvalue weighted by Gasteiger charge is -2.06. The van der Waals surface area contributed by atoms with Gasteiger partial charge in [0.1, 0.15) is 5.69 Å². The number of hydrogen-bond donors (Lipinski definition) is 3. The van der Waals surface area contributed by atoms with Crippen LogP contribution in [0.1, 0.15) is 10.5 Å². The lowest BCUT2D eigenvalue weighted by atomic mass is 10.1. The molecule has 0 bridgehead atoms. The van der Waals surface area contributed by atoms with Crippen molar-refractivity contribution in [3.8, 4) is 0 Å². The molecule has 0 aliphatic heterocycles. The zero-order chi connectivity index (χ0) is 12.4. The first-order valence-electron chi connectivity index (χ1n) is 4.83. The normalized spacial score (nSPS) is 10.1. The summed E-state index contributed by atoms with van der Waals surface area (Å²) in [5.74, 6) is -0.645. The van der Waals surface area contributed by atoms with E-state index >= 15 is 0 Å². The Morgan fingerprint density at radius 3 is 2.65 bits per heavy atom. The molecule has 86 valence electrons. The summed E-state index contributed by atoms with van der Waals surface area (Å²) in [6, 6.07) is 5.91. The number of aromatic nitrogens is 1. The number of anilines is 1. The highest BCUT2D eigenvalue weighted by Gasteiger charge is 2.13. The average molecular weight is 230 g/mol. The first-order valence-corrected chi connectivity index (χ1v) is 4.83. The number of primary amides is 1. The number of fused-ring (bicyclic) bond motifs is 1. The van der Waals surface area contributed by atoms with Crippen molar-refractivity contribution in [3.05, 3.63) is 36.2 Å². The molecule has 0 atom stereocenters. The predicted molar refractivity (Wildman–Crippen MR) is 63.2 cm³/mol. The maximum absolute atomic E-state index is 11.7. The lowest BCUT2D eigenvalue weighted by Crippen LogP contribution is -2.35. The summed E-state index contributed by atoms with van der Waals surface area (Å²) in [6.45, 7) is 0.